The largest absolute Gasteiger partial charge is 0.494 e. The maximum absolute atomic E-state index is 13.8. The lowest BCUT2D eigenvalue weighted by molar-refractivity contribution is 0.0443. The molecule has 0 spiro atoms. The Morgan fingerprint density at radius 2 is 1.30 bits per heavy atom. The number of allylic oxidation sites excluding steroid dienone is 2. The molecule has 0 bridgehead atoms. The molecule has 0 radical (unpaired) electrons. The van der Waals surface area contributed by atoms with E-state index in [2.05, 4.69) is 37.6 Å². The molecule has 64 heavy (non-hydrogen) atoms. The highest BCUT2D eigenvalue weighted by atomic mass is 16.5. The number of methoxy groups -OCH3 is 2. The van der Waals surface area contributed by atoms with Crippen LogP contribution in [0.15, 0.2) is 48.6 Å². The van der Waals surface area contributed by atoms with Gasteiger partial charge in [0.1, 0.15) is 40.5 Å². The number of hydrogen-bond donors (Lipinski definition) is 3. The third-order valence-electron chi connectivity index (χ3n) is 10.4. The summed E-state index contributed by atoms with van der Waals surface area (Å²) in [6, 6.07) is 9.56. The highest BCUT2D eigenvalue weighted by Gasteiger charge is 2.24. The first-order valence-electron chi connectivity index (χ1n) is 20.7. The molecular weight excluding hydrogens is 825 g/mol. The number of nitrogens with zero attached hydrogens (tertiary/aromatic N) is 9. The number of amides is 3. The molecule has 4 N–H and O–H groups in total. The molecule has 1 aliphatic heterocycles. The van der Waals surface area contributed by atoms with Crippen molar-refractivity contribution < 1.29 is 38.1 Å². The molecule has 6 aromatic rings. The molecule has 334 valence electrons. The number of rotatable bonds is 16. The van der Waals surface area contributed by atoms with Crippen LogP contribution in [-0.2, 0) is 35.7 Å². The van der Waals surface area contributed by atoms with Crippen molar-refractivity contribution in [3.8, 4) is 23.3 Å². The summed E-state index contributed by atoms with van der Waals surface area (Å²) >= 11 is 0. The first kappa shape index (κ1) is 44.6. The van der Waals surface area contributed by atoms with Crippen molar-refractivity contribution in [3.05, 3.63) is 82.5 Å². The van der Waals surface area contributed by atoms with E-state index in [1.165, 1.54) is 20.3 Å². The van der Waals surface area contributed by atoms with Crippen LogP contribution in [0.1, 0.15) is 66.9 Å². The van der Waals surface area contributed by atoms with Gasteiger partial charge in [-0.15, -0.1) is 0 Å². The van der Waals surface area contributed by atoms with Crippen LogP contribution in [0.5, 0.6) is 11.5 Å². The van der Waals surface area contributed by atoms with Gasteiger partial charge in [-0.25, -0.2) is 14.8 Å². The Bertz CT molecular complexity index is 2830. The van der Waals surface area contributed by atoms with Crippen LogP contribution in [-0.4, -0.2) is 121 Å². The van der Waals surface area contributed by atoms with E-state index < -0.39 is 23.7 Å². The van der Waals surface area contributed by atoms with Crippen LogP contribution in [0.4, 0.5) is 11.9 Å². The number of morpholine rings is 1. The minimum Gasteiger partial charge on any atom is -0.494 e. The number of hydrogen-bond acceptors (Lipinski definition) is 13. The number of nitrogens with two attached hydrogens (primary N) is 1. The Labute approximate surface area is 368 Å². The van der Waals surface area contributed by atoms with Crippen LogP contribution in [0.3, 0.4) is 0 Å². The fourth-order valence-electron chi connectivity index (χ4n) is 7.37. The predicted octanol–water partition coefficient (Wildman–Crippen LogP) is 3.81. The summed E-state index contributed by atoms with van der Waals surface area (Å²) in [5.41, 5.74) is 9.85. The minimum absolute atomic E-state index is 0.000330. The number of benzene rings is 2. The van der Waals surface area contributed by atoms with Crippen LogP contribution >= 0.6 is 0 Å². The maximum atomic E-state index is 13.8. The van der Waals surface area contributed by atoms with Gasteiger partial charge in [0.05, 0.1) is 62.0 Å². The molecule has 0 unspecified atom stereocenters. The average molecular weight is 875 g/mol. The Balaban J connectivity index is 1.26. The highest BCUT2D eigenvalue weighted by molar-refractivity contribution is 6.05. The zero-order valence-electron chi connectivity index (χ0n) is 36.6. The molecule has 4 aromatic heterocycles. The highest BCUT2D eigenvalue weighted by Crippen LogP contribution is 2.33. The number of aryl methyl sites for hydroxylation is 4. The summed E-state index contributed by atoms with van der Waals surface area (Å²) in [4.78, 5) is 64.4. The molecule has 0 aliphatic carbocycles. The van der Waals surface area contributed by atoms with Crippen LogP contribution in [0.25, 0.3) is 22.1 Å². The molecule has 1 fully saturated rings. The lowest BCUT2D eigenvalue weighted by Crippen LogP contribution is -2.36. The second kappa shape index (κ2) is 19.7. The topological polar surface area (TPSA) is 230 Å². The van der Waals surface area contributed by atoms with E-state index in [4.69, 9.17) is 34.6 Å². The Hall–Kier alpha value is -7.50. The molecule has 1 saturated heterocycles. The third-order valence-corrected chi connectivity index (χ3v) is 10.4. The van der Waals surface area contributed by atoms with E-state index in [-0.39, 0.29) is 48.5 Å². The maximum Gasteiger partial charge on any atom is 0.338 e. The van der Waals surface area contributed by atoms with Crippen LogP contribution < -0.4 is 25.8 Å². The quantitative estimate of drug-likeness (QED) is 0.0715. The van der Waals surface area contributed by atoms with Crippen molar-refractivity contribution in [1.82, 2.24) is 43.6 Å². The summed E-state index contributed by atoms with van der Waals surface area (Å²) in [5, 5.41) is 14.7. The molecule has 2 aromatic carbocycles. The molecule has 20 nitrogen and oxygen atoms in total. The van der Waals surface area contributed by atoms with Gasteiger partial charge in [0.15, 0.2) is 0 Å². The van der Waals surface area contributed by atoms with E-state index in [9.17, 15) is 19.2 Å². The number of carbonyl (C=O) groups is 4. The number of anilines is 2. The minimum atomic E-state index is -0.689. The second-order valence-electron chi connectivity index (χ2n) is 14.7. The molecule has 0 atom stereocenters. The Kier molecular flexibility index (Phi) is 13.7. The molecule has 0 saturated carbocycles. The van der Waals surface area contributed by atoms with E-state index in [1.54, 1.807) is 62.7 Å². The predicted molar refractivity (Wildman–Crippen MR) is 237 cm³/mol. The number of esters is 1. The molecule has 20 heteroatoms. The summed E-state index contributed by atoms with van der Waals surface area (Å²) in [7, 11) is 2.75. The van der Waals surface area contributed by atoms with Gasteiger partial charge in [-0.3, -0.25) is 39.3 Å². The molecular formula is C44H50N12O8. The van der Waals surface area contributed by atoms with Crippen molar-refractivity contribution in [3.63, 3.8) is 0 Å². The molecule has 3 amide bonds. The van der Waals surface area contributed by atoms with Crippen LogP contribution in [0, 0.1) is 25.7 Å². The van der Waals surface area contributed by atoms with Crippen molar-refractivity contribution in [2.24, 2.45) is 5.73 Å². The van der Waals surface area contributed by atoms with E-state index in [0.717, 1.165) is 13.1 Å². The SMILES string of the molecule is CCn1nc(C)cc1C(=O)Nc1nc2cc(C(=O)OC)cc(OC)c2n1C/C=C/Cn1c(NC(=O)c2cc(C)nn2CC)nc2cc(C(N)=O)cc(OCC#CCN3CCOCC3)c21. The van der Waals surface area contributed by atoms with Gasteiger partial charge in [0.25, 0.3) is 11.8 Å². The number of ether oxygens (including phenoxy) is 4. The number of aromatic nitrogens is 8. The third kappa shape index (κ3) is 9.60. The number of fused-ring (bicyclic) bond motifs is 2. The zero-order chi connectivity index (χ0) is 45.5. The lowest BCUT2D eigenvalue weighted by Gasteiger charge is -2.24. The first-order chi connectivity index (χ1) is 30.9. The summed E-state index contributed by atoms with van der Waals surface area (Å²) in [5.74, 6) is 4.99. The standard InChI is InChI=1S/C44H50N12O8/c1-7-55-33(21-27(3)50-55)40(58)48-43-47-32-24-30(42(60)62-6)26-35(61-5)37(32)53(43)14-9-10-15-54-38-31(46-44(54)49-41(59)34-22-28(4)51-56(34)8-2)23-29(39(45)57)25-36(38)64-18-12-11-13-52-16-19-63-20-17-52/h9-10,21-26H,7-8,13-20H2,1-6H3,(H2,45,57)(H,46,49,59)(H,47,48,58)/b10-9+. The van der Waals surface area contributed by atoms with Gasteiger partial charge < -0.3 is 33.8 Å². The number of primary amides is 1. The van der Waals surface area contributed by atoms with Crippen molar-refractivity contribution in [2.75, 3.05) is 64.3 Å². The monoisotopic (exact) mass is 874 g/mol. The molecule has 1 aliphatic rings. The van der Waals surface area contributed by atoms with E-state index in [1.807, 2.05) is 26.0 Å². The fraction of sp³-hybridized carbons (Fsp3) is 0.364. The van der Waals surface area contributed by atoms with Gasteiger partial charge >= 0.3 is 5.97 Å². The zero-order valence-corrected chi connectivity index (χ0v) is 36.6. The number of carbonyl (C=O) groups excluding carboxylic acids is 4. The number of imidazole rings is 2. The van der Waals surface area contributed by atoms with Gasteiger partial charge in [-0.05, 0) is 64.1 Å². The number of nitrogens with one attached hydrogen (secondary N) is 2. The fourth-order valence-corrected chi connectivity index (χ4v) is 7.37. The molecule has 7 rings (SSSR count). The van der Waals surface area contributed by atoms with Gasteiger partial charge in [-0.2, -0.15) is 10.2 Å². The van der Waals surface area contributed by atoms with Gasteiger partial charge in [0, 0.05) is 44.8 Å². The lowest BCUT2D eigenvalue weighted by atomic mass is 10.1. The Morgan fingerprint density at radius 3 is 1.81 bits per heavy atom. The summed E-state index contributed by atoms with van der Waals surface area (Å²) in [6.07, 6.45) is 3.68. The smallest absolute Gasteiger partial charge is 0.338 e. The van der Waals surface area contributed by atoms with Crippen molar-refractivity contribution in [2.45, 2.75) is 53.9 Å². The molecule has 5 heterocycles. The summed E-state index contributed by atoms with van der Waals surface area (Å²) < 4.78 is 29.0. The normalized spacial score (nSPS) is 13.0. The first-order valence-corrected chi connectivity index (χ1v) is 20.7. The second-order valence-corrected chi connectivity index (χ2v) is 14.7. The van der Waals surface area contributed by atoms with Gasteiger partial charge in [-0.1, -0.05) is 24.0 Å². The summed E-state index contributed by atoms with van der Waals surface area (Å²) in [6.45, 7) is 12.0. The van der Waals surface area contributed by atoms with Gasteiger partial charge in [0.2, 0.25) is 17.8 Å². The average Bonchev–Trinajstić information content (AvgIpc) is 4.06. The van der Waals surface area contributed by atoms with E-state index in [0.29, 0.717) is 83.4 Å². The Morgan fingerprint density at radius 1 is 0.766 bits per heavy atom. The van der Waals surface area contributed by atoms with Crippen molar-refractivity contribution in [1.29, 1.82) is 0 Å². The van der Waals surface area contributed by atoms with Crippen molar-refractivity contribution >= 4 is 57.7 Å². The van der Waals surface area contributed by atoms with Crippen LogP contribution in [0.2, 0.25) is 0 Å². The van der Waals surface area contributed by atoms with E-state index >= 15 is 0 Å².